The van der Waals surface area contributed by atoms with Crippen LogP contribution < -0.4 is 0 Å². The minimum Gasteiger partial charge on any atom is -0.460 e. The van der Waals surface area contributed by atoms with Crippen LogP contribution in [0.2, 0.25) is 0 Å². The molecule has 174 valence electrons. The molecular weight excluding hydrogens is 436 g/mol. The van der Waals surface area contributed by atoms with Gasteiger partial charge in [0.2, 0.25) is 0 Å². The quantitative estimate of drug-likeness (QED) is 0.197. The number of aromatic amines is 1. The number of rotatable bonds is 7. The number of fused-ring (bicyclic) bond motifs is 6. The number of hydrogen-bond donors (Lipinski definition) is 3. The summed E-state index contributed by atoms with van der Waals surface area (Å²) in [6, 6.07) is 16.5. The number of nitrogens with one attached hydrogen (secondary N) is 1. The SMILES string of the molecule is CC(O)(CC(=O)OC(C)(C)C)CC(O)CSc1nc2c3ccccc3c3ccccc3c2[nH]1. The predicted octanol–water partition coefficient (Wildman–Crippen LogP) is 5.20. The maximum absolute atomic E-state index is 12.1. The zero-order valence-corrected chi connectivity index (χ0v) is 20.2. The number of thioether (sulfide) groups is 1. The second kappa shape index (κ2) is 8.97. The lowest BCUT2D eigenvalue weighted by molar-refractivity contribution is -0.160. The van der Waals surface area contributed by atoms with E-state index in [1.165, 1.54) is 17.1 Å². The molecule has 4 aromatic rings. The van der Waals surface area contributed by atoms with Crippen LogP contribution in [0.5, 0.6) is 0 Å². The Hall–Kier alpha value is -2.61. The molecule has 0 saturated carbocycles. The molecule has 4 rings (SSSR count). The third-order valence-electron chi connectivity index (χ3n) is 5.38. The van der Waals surface area contributed by atoms with Crippen LogP contribution in [0, 0.1) is 0 Å². The fourth-order valence-electron chi connectivity index (χ4n) is 4.17. The lowest BCUT2D eigenvalue weighted by Crippen LogP contribution is -2.36. The average molecular weight is 467 g/mol. The van der Waals surface area contributed by atoms with Crippen LogP contribution in [-0.4, -0.2) is 49.2 Å². The van der Waals surface area contributed by atoms with Gasteiger partial charge in [-0.2, -0.15) is 0 Å². The number of ether oxygens (including phenoxy) is 1. The number of benzene rings is 3. The Morgan fingerprint density at radius 3 is 2.24 bits per heavy atom. The summed E-state index contributed by atoms with van der Waals surface area (Å²) in [6.45, 7) is 6.89. The number of hydrogen-bond acceptors (Lipinski definition) is 6. The predicted molar refractivity (Wildman–Crippen MR) is 134 cm³/mol. The molecule has 3 aromatic carbocycles. The molecule has 1 aromatic heterocycles. The highest BCUT2D eigenvalue weighted by Crippen LogP contribution is 2.35. The molecule has 7 heteroatoms. The molecule has 0 aliphatic carbocycles. The van der Waals surface area contributed by atoms with Gasteiger partial charge >= 0.3 is 5.97 Å². The zero-order chi connectivity index (χ0) is 23.8. The summed E-state index contributed by atoms with van der Waals surface area (Å²) in [5, 5.41) is 26.4. The summed E-state index contributed by atoms with van der Waals surface area (Å²) >= 11 is 1.40. The van der Waals surface area contributed by atoms with Crippen LogP contribution in [0.25, 0.3) is 32.6 Å². The Balaban J connectivity index is 1.49. The molecule has 0 aliphatic heterocycles. The van der Waals surface area contributed by atoms with E-state index in [2.05, 4.69) is 29.2 Å². The minimum absolute atomic E-state index is 0.0608. The number of esters is 1. The van der Waals surface area contributed by atoms with E-state index in [0.29, 0.717) is 10.9 Å². The van der Waals surface area contributed by atoms with Gasteiger partial charge in [0.25, 0.3) is 0 Å². The molecule has 0 radical (unpaired) electrons. The van der Waals surface area contributed by atoms with Crippen LogP contribution in [-0.2, 0) is 9.53 Å². The maximum Gasteiger partial charge on any atom is 0.309 e. The number of carbonyl (C=O) groups excluding carboxylic acids is 1. The molecule has 1 heterocycles. The van der Waals surface area contributed by atoms with Crippen molar-refractivity contribution < 1.29 is 19.7 Å². The highest BCUT2D eigenvalue weighted by Gasteiger charge is 2.30. The first kappa shape index (κ1) is 23.5. The van der Waals surface area contributed by atoms with E-state index < -0.39 is 23.3 Å². The van der Waals surface area contributed by atoms with Crippen LogP contribution in [0.4, 0.5) is 0 Å². The van der Waals surface area contributed by atoms with Crippen molar-refractivity contribution in [2.75, 3.05) is 5.75 Å². The molecule has 3 N–H and O–H groups in total. The van der Waals surface area contributed by atoms with Crippen molar-refractivity contribution >= 4 is 50.3 Å². The third kappa shape index (κ3) is 5.49. The van der Waals surface area contributed by atoms with Crippen molar-refractivity contribution in [1.82, 2.24) is 9.97 Å². The van der Waals surface area contributed by atoms with Crippen LogP contribution in [0.15, 0.2) is 53.7 Å². The van der Waals surface area contributed by atoms with Crippen LogP contribution in [0.1, 0.15) is 40.5 Å². The molecule has 2 atom stereocenters. The highest BCUT2D eigenvalue weighted by atomic mass is 32.2. The average Bonchev–Trinajstić information content (AvgIpc) is 3.15. The van der Waals surface area contributed by atoms with E-state index >= 15 is 0 Å². The van der Waals surface area contributed by atoms with Gasteiger partial charge in [-0.3, -0.25) is 4.79 Å². The Labute approximate surface area is 197 Å². The largest absolute Gasteiger partial charge is 0.460 e. The van der Waals surface area contributed by atoms with Crippen LogP contribution in [0.3, 0.4) is 0 Å². The normalized spacial score (nSPS) is 15.1. The van der Waals surface area contributed by atoms with Gasteiger partial charge in [0, 0.05) is 22.9 Å². The Bertz CT molecular complexity index is 1230. The standard InChI is InChI=1S/C26H30N2O4S/c1-25(2,3)32-21(30)14-26(4,31)13-16(29)15-33-24-27-22-19-11-7-5-9-17(19)18-10-6-8-12-20(18)23(22)28-24/h5-12,16,29,31H,13-15H2,1-4H3,(H,27,28). The van der Waals surface area contributed by atoms with Gasteiger partial charge in [-0.1, -0.05) is 60.3 Å². The van der Waals surface area contributed by atoms with E-state index in [1.54, 1.807) is 27.7 Å². The zero-order valence-electron chi connectivity index (χ0n) is 19.4. The fourth-order valence-corrected chi connectivity index (χ4v) is 4.97. The van der Waals surface area contributed by atoms with Gasteiger partial charge < -0.3 is 19.9 Å². The summed E-state index contributed by atoms with van der Waals surface area (Å²) < 4.78 is 5.29. The summed E-state index contributed by atoms with van der Waals surface area (Å²) in [7, 11) is 0. The molecule has 0 bridgehead atoms. The number of nitrogens with zero attached hydrogens (tertiary/aromatic N) is 1. The maximum atomic E-state index is 12.1. The lowest BCUT2D eigenvalue weighted by Gasteiger charge is -2.27. The second-order valence-corrected chi connectivity index (χ2v) is 10.8. The lowest BCUT2D eigenvalue weighted by atomic mass is 9.95. The molecule has 2 unspecified atom stereocenters. The minimum atomic E-state index is -1.36. The first-order chi connectivity index (χ1) is 15.5. The van der Waals surface area contributed by atoms with Crippen LogP contribution >= 0.6 is 11.8 Å². The Morgan fingerprint density at radius 2 is 1.61 bits per heavy atom. The number of aliphatic hydroxyl groups excluding tert-OH is 1. The van der Waals surface area contributed by atoms with Gasteiger partial charge in [-0.05, 0) is 38.5 Å². The van der Waals surface area contributed by atoms with Crippen molar-refractivity contribution in [3.05, 3.63) is 48.5 Å². The van der Waals surface area contributed by atoms with Crippen molar-refractivity contribution in [3.8, 4) is 0 Å². The second-order valence-electron chi connectivity index (χ2n) is 9.79. The molecular formula is C26H30N2O4S. The topological polar surface area (TPSA) is 95.4 Å². The van der Waals surface area contributed by atoms with Crippen molar-refractivity contribution in [2.45, 2.75) is 63.0 Å². The first-order valence-corrected chi connectivity index (χ1v) is 12.1. The third-order valence-corrected chi connectivity index (χ3v) is 6.40. The van der Waals surface area contributed by atoms with Crippen molar-refractivity contribution in [3.63, 3.8) is 0 Å². The van der Waals surface area contributed by atoms with E-state index in [0.717, 1.165) is 27.2 Å². The molecule has 0 aliphatic rings. The van der Waals surface area contributed by atoms with E-state index in [1.807, 2.05) is 24.3 Å². The van der Waals surface area contributed by atoms with Gasteiger partial charge in [0.15, 0.2) is 5.16 Å². The summed E-state index contributed by atoms with van der Waals surface area (Å²) in [4.78, 5) is 20.3. The monoisotopic (exact) mass is 466 g/mol. The molecule has 6 nitrogen and oxygen atoms in total. The summed E-state index contributed by atoms with van der Waals surface area (Å²) in [5.41, 5.74) is -0.101. The molecule has 0 saturated heterocycles. The van der Waals surface area contributed by atoms with E-state index in [9.17, 15) is 15.0 Å². The van der Waals surface area contributed by atoms with Crippen molar-refractivity contribution in [2.24, 2.45) is 0 Å². The molecule has 33 heavy (non-hydrogen) atoms. The summed E-state index contributed by atoms with van der Waals surface area (Å²) in [6.07, 6.45) is -0.922. The number of carbonyl (C=O) groups is 1. The Kier molecular flexibility index (Phi) is 6.40. The highest BCUT2D eigenvalue weighted by molar-refractivity contribution is 7.99. The fraction of sp³-hybridized carbons (Fsp3) is 0.385. The van der Waals surface area contributed by atoms with Crippen molar-refractivity contribution in [1.29, 1.82) is 0 Å². The summed E-state index contributed by atoms with van der Waals surface area (Å²) in [5.74, 6) is -0.149. The van der Waals surface area contributed by atoms with E-state index in [4.69, 9.17) is 9.72 Å². The smallest absolute Gasteiger partial charge is 0.309 e. The van der Waals surface area contributed by atoms with Gasteiger partial charge in [-0.25, -0.2) is 4.98 Å². The van der Waals surface area contributed by atoms with Gasteiger partial charge in [-0.15, -0.1) is 0 Å². The number of aromatic nitrogens is 2. The molecule has 0 spiro atoms. The van der Waals surface area contributed by atoms with E-state index in [-0.39, 0.29) is 12.8 Å². The van der Waals surface area contributed by atoms with Gasteiger partial charge in [0.05, 0.1) is 29.2 Å². The number of imidazole rings is 1. The van der Waals surface area contributed by atoms with Gasteiger partial charge in [0.1, 0.15) is 5.60 Å². The first-order valence-electron chi connectivity index (χ1n) is 11.1. The molecule has 0 fully saturated rings. The number of aliphatic hydroxyl groups is 2. The number of H-pyrrole nitrogens is 1. The molecule has 0 amide bonds. The Morgan fingerprint density at radius 1 is 1.03 bits per heavy atom.